The minimum atomic E-state index is -0.218. The molecule has 0 spiro atoms. The molecule has 3 aromatic rings. The van der Waals surface area contributed by atoms with Crippen LogP contribution >= 0.6 is 23.4 Å². The summed E-state index contributed by atoms with van der Waals surface area (Å²) in [6.07, 6.45) is 7.02. The van der Waals surface area contributed by atoms with Crippen LogP contribution in [-0.2, 0) is 17.9 Å². The summed E-state index contributed by atoms with van der Waals surface area (Å²) in [7, 11) is 0. The fourth-order valence-corrected chi connectivity index (χ4v) is 3.73. The average molecular weight is 398 g/mol. The van der Waals surface area contributed by atoms with Crippen LogP contribution in [0, 0.1) is 0 Å². The summed E-state index contributed by atoms with van der Waals surface area (Å²) in [5.41, 5.74) is 2.05. The number of aromatic nitrogens is 2. The lowest BCUT2D eigenvalue weighted by Gasteiger charge is -2.26. The maximum absolute atomic E-state index is 13.2. The Labute approximate surface area is 168 Å². The van der Waals surface area contributed by atoms with Gasteiger partial charge in [-0.2, -0.15) is 0 Å². The van der Waals surface area contributed by atoms with Crippen LogP contribution in [0.4, 0.5) is 0 Å². The number of hydrogen-bond acceptors (Lipinski definition) is 4. The van der Waals surface area contributed by atoms with E-state index in [1.165, 1.54) is 11.8 Å². The zero-order chi connectivity index (χ0) is 19.1. The monoisotopic (exact) mass is 397 g/mol. The number of amides is 1. The number of pyridine rings is 2. The molecule has 0 N–H and O–H groups in total. The van der Waals surface area contributed by atoms with Crippen LogP contribution in [0.2, 0.25) is 5.02 Å². The van der Waals surface area contributed by atoms with Crippen molar-refractivity contribution in [3.05, 3.63) is 89.5 Å². The Bertz CT molecular complexity index is 818. The van der Waals surface area contributed by atoms with Gasteiger partial charge >= 0.3 is 0 Å². The Kier molecular flexibility index (Phi) is 6.85. The number of carbonyl (C=O) groups excluding carboxylic acids is 1. The zero-order valence-corrected chi connectivity index (χ0v) is 16.5. The van der Waals surface area contributed by atoms with Gasteiger partial charge in [0.05, 0.1) is 5.25 Å². The fraction of sp³-hybridized carbons (Fsp3) is 0.190. The molecule has 0 bridgehead atoms. The van der Waals surface area contributed by atoms with E-state index < -0.39 is 0 Å². The van der Waals surface area contributed by atoms with Gasteiger partial charge in [-0.05, 0) is 60.5 Å². The van der Waals surface area contributed by atoms with Gasteiger partial charge in [-0.15, -0.1) is 11.8 Å². The average Bonchev–Trinajstić information content (AvgIpc) is 2.70. The van der Waals surface area contributed by atoms with Crippen molar-refractivity contribution in [1.29, 1.82) is 0 Å². The first-order valence-electron chi connectivity index (χ1n) is 8.60. The molecule has 2 heterocycles. The van der Waals surface area contributed by atoms with Crippen LogP contribution in [0.5, 0.6) is 0 Å². The molecular weight excluding hydrogens is 378 g/mol. The highest BCUT2D eigenvalue weighted by atomic mass is 35.5. The minimum absolute atomic E-state index is 0.0793. The second-order valence-electron chi connectivity index (χ2n) is 6.13. The summed E-state index contributed by atoms with van der Waals surface area (Å²) >= 11 is 7.48. The van der Waals surface area contributed by atoms with E-state index in [2.05, 4.69) is 9.97 Å². The van der Waals surface area contributed by atoms with Gasteiger partial charge in [0.2, 0.25) is 5.91 Å². The standard InChI is InChI=1S/C21H20ClN3OS/c1-16(27-20-6-4-19(22)5-7-20)21(26)25(14-17-8-11-23-12-9-17)15-18-3-2-10-24-13-18/h2-13,16H,14-15H2,1H3. The molecule has 2 aromatic heterocycles. The van der Waals surface area contributed by atoms with Crippen molar-refractivity contribution in [2.45, 2.75) is 30.2 Å². The molecule has 0 saturated heterocycles. The maximum Gasteiger partial charge on any atom is 0.236 e. The summed E-state index contributed by atoms with van der Waals surface area (Å²) < 4.78 is 0. The normalized spacial score (nSPS) is 11.8. The largest absolute Gasteiger partial charge is 0.333 e. The molecule has 0 aliphatic heterocycles. The molecule has 1 amide bonds. The molecular formula is C21H20ClN3OS. The van der Waals surface area contributed by atoms with Gasteiger partial charge in [0.15, 0.2) is 0 Å². The molecule has 0 aliphatic carbocycles. The first-order chi connectivity index (χ1) is 13.1. The molecule has 138 valence electrons. The Morgan fingerprint density at radius 3 is 2.37 bits per heavy atom. The van der Waals surface area contributed by atoms with Crippen LogP contribution in [0.3, 0.4) is 0 Å². The van der Waals surface area contributed by atoms with Gasteiger partial charge in [-0.3, -0.25) is 14.8 Å². The molecule has 1 atom stereocenters. The predicted octanol–water partition coefficient (Wildman–Crippen LogP) is 4.84. The summed E-state index contributed by atoms with van der Waals surface area (Å²) in [6.45, 7) is 2.98. The molecule has 0 radical (unpaired) electrons. The smallest absolute Gasteiger partial charge is 0.236 e. The minimum Gasteiger partial charge on any atom is -0.333 e. The van der Waals surface area contributed by atoms with Gasteiger partial charge in [0.25, 0.3) is 0 Å². The number of benzene rings is 1. The quantitative estimate of drug-likeness (QED) is 0.535. The summed E-state index contributed by atoms with van der Waals surface area (Å²) in [4.78, 5) is 24.3. The second-order valence-corrected chi connectivity index (χ2v) is 7.98. The second kappa shape index (κ2) is 9.53. The predicted molar refractivity (Wildman–Crippen MR) is 109 cm³/mol. The summed E-state index contributed by atoms with van der Waals surface area (Å²) in [6, 6.07) is 15.3. The van der Waals surface area contributed by atoms with Crippen molar-refractivity contribution in [2.24, 2.45) is 0 Å². The molecule has 3 rings (SSSR count). The van der Waals surface area contributed by atoms with Crippen molar-refractivity contribution >= 4 is 29.3 Å². The zero-order valence-electron chi connectivity index (χ0n) is 15.0. The van der Waals surface area contributed by atoms with Crippen LogP contribution in [0.25, 0.3) is 0 Å². The van der Waals surface area contributed by atoms with Gasteiger partial charge in [-0.1, -0.05) is 17.7 Å². The number of carbonyl (C=O) groups is 1. The molecule has 27 heavy (non-hydrogen) atoms. The first kappa shape index (κ1) is 19.4. The van der Waals surface area contributed by atoms with Crippen LogP contribution < -0.4 is 0 Å². The van der Waals surface area contributed by atoms with Crippen molar-refractivity contribution < 1.29 is 4.79 Å². The lowest BCUT2D eigenvalue weighted by atomic mass is 10.2. The molecule has 1 unspecified atom stereocenters. The summed E-state index contributed by atoms with van der Waals surface area (Å²) in [5.74, 6) is 0.0793. The third-order valence-corrected chi connectivity index (χ3v) is 5.36. The van der Waals surface area contributed by atoms with Gasteiger partial charge in [-0.25, -0.2) is 0 Å². The lowest BCUT2D eigenvalue weighted by molar-refractivity contribution is -0.131. The van der Waals surface area contributed by atoms with E-state index in [-0.39, 0.29) is 11.2 Å². The van der Waals surface area contributed by atoms with E-state index >= 15 is 0 Å². The Morgan fingerprint density at radius 1 is 1.00 bits per heavy atom. The van der Waals surface area contributed by atoms with Gasteiger partial charge in [0.1, 0.15) is 0 Å². The van der Waals surface area contributed by atoms with Gasteiger partial charge in [0, 0.05) is 47.8 Å². The van der Waals surface area contributed by atoms with Crippen LogP contribution in [0.1, 0.15) is 18.1 Å². The third-order valence-electron chi connectivity index (χ3n) is 4.00. The molecule has 0 saturated carbocycles. The van der Waals surface area contributed by atoms with Crippen molar-refractivity contribution in [1.82, 2.24) is 14.9 Å². The highest BCUT2D eigenvalue weighted by molar-refractivity contribution is 8.00. The first-order valence-corrected chi connectivity index (χ1v) is 9.86. The van der Waals surface area contributed by atoms with E-state index in [0.29, 0.717) is 18.1 Å². The topological polar surface area (TPSA) is 46.1 Å². The molecule has 6 heteroatoms. The highest BCUT2D eigenvalue weighted by Crippen LogP contribution is 2.26. The van der Waals surface area contributed by atoms with E-state index in [9.17, 15) is 4.79 Å². The maximum atomic E-state index is 13.2. The van der Waals surface area contributed by atoms with E-state index in [4.69, 9.17) is 11.6 Å². The van der Waals surface area contributed by atoms with Crippen molar-refractivity contribution in [2.75, 3.05) is 0 Å². The number of hydrogen-bond donors (Lipinski definition) is 0. The number of halogens is 1. The van der Waals surface area contributed by atoms with Crippen molar-refractivity contribution in [3.8, 4) is 0 Å². The van der Waals surface area contributed by atoms with E-state index in [1.807, 2.05) is 60.4 Å². The molecule has 4 nitrogen and oxygen atoms in total. The highest BCUT2D eigenvalue weighted by Gasteiger charge is 2.22. The number of thioether (sulfide) groups is 1. The Balaban J connectivity index is 1.75. The fourth-order valence-electron chi connectivity index (χ4n) is 2.66. The van der Waals surface area contributed by atoms with Crippen LogP contribution in [-0.4, -0.2) is 26.0 Å². The van der Waals surface area contributed by atoms with Crippen molar-refractivity contribution in [3.63, 3.8) is 0 Å². The molecule has 1 aromatic carbocycles. The Morgan fingerprint density at radius 2 is 1.70 bits per heavy atom. The SMILES string of the molecule is CC(Sc1ccc(Cl)cc1)C(=O)N(Cc1ccncc1)Cc1cccnc1. The third kappa shape index (κ3) is 5.81. The Hall–Kier alpha value is -2.37. The van der Waals surface area contributed by atoms with Crippen LogP contribution in [0.15, 0.2) is 78.2 Å². The lowest BCUT2D eigenvalue weighted by Crippen LogP contribution is -2.35. The number of nitrogens with zero attached hydrogens (tertiary/aromatic N) is 3. The molecule has 0 aliphatic rings. The molecule has 0 fully saturated rings. The number of rotatable bonds is 7. The van der Waals surface area contributed by atoms with Gasteiger partial charge < -0.3 is 4.90 Å². The summed E-state index contributed by atoms with van der Waals surface area (Å²) in [5, 5.41) is 0.471. The van der Waals surface area contributed by atoms with E-state index in [0.717, 1.165) is 16.0 Å². The van der Waals surface area contributed by atoms with E-state index in [1.54, 1.807) is 24.8 Å².